The molecule has 0 saturated carbocycles. The summed E-state index contributed by atoms with van der Waals surface area (Å²) in [6.07, 6.45) is 5.38. The molecular weight excluding hydrogens is 446 g/mol. The number of aromatic nitrogens is 1. The first-order chi connectivity index (χ1) is 15.3. The van der Waals surface area contributed by atoms with E-state index in [-0.39, 0.29) is 17.6 Å². The molecule has 3 amide bonds. The van der Waals surface area contributed by atoms with Crippen LogP contribution in [0.4, 0.5) is 4.79 Å². The number of ketones is 1. The number of carbonyl (C=O) groups excluding carboxylic acids is 3. The van der Waals surface area contributed by atoms with Crippen molar-refractivity contribution in [3.63, 3.8) is 0 Å². The van der Waals surface area contributed by atoms with Crippen molar-refractivity contribution in [2.24, 2.45) is 11.7 Å². The molecule has 1 heterocycles. The minimum Gasteiger partial charge on any atom is -0.361 e. The van der Waals surface area contributed by atoms with Gasteiger partial charge in [0.15, 0.2) is 5.78 Å². The largest absolute Gasteiger partial charge is 0.361 e. The Morgan fingerprint density at radius 1 is 1.16 bits per heavy atom. The number of fused-ring (bicyclic) bond motifs is 1. The fraction of sp³-hybridized carbons (Fsp3) is 0.500. The van der Waals surface area contributed by atoms with Gasteiger partial charge in [0.2, 0.25) is 5.91 Å². The second-order valence-electron chi connectivity index (χ2n) is 7.80. The monoisotopic (exact) mass is 479 g/mol. The lowest BCUT2D eigenvalue weighted by Gasteiger charge is -2.24. The molecule has 1 aromatic heterocycles. The Hall–Kier alpha value is -2.17. The molecular formula is C22H33N5O3S2. The number of aromatic amines is 1. The van der Waals surface area contributed by atoms with Crippen LogP contribution in [0.25, 0.3) is 10.9 Å². The van der Waals surface area contributed by atoms with Crippen molar-refractivity contribution in [3.8, 4) is 0 Å². The third-order valence-corrected chi connectivity index (χ3v) is 6.70. The molecule has 0 bridgehead atoms. The van der Waals surface area contributed by atoms with Crippen molar-refractivity contribution in [3.05, 3.63) is 36.0 Å². The van der Waals surface area contributed by atoms with Gasteiger partial charge in [-0.2, -0.15) is 0 Å². The van der Waals surface area contributed by atoms with Crippen LogP contribution >= 0.6 is 21.6 Å². The topological polar surface area (TPSA) is 129 Å². The van der Waals surface area contributed by atoms with E-state index in [9.17, 15) is 14.4 Å². The molecule has 8 nitrogen and oxygen atoms in total. The number of primary amides is 1. The van der Waals surface area contributed by atoms with E-state index in [2.05, 4.69) is 20.9 Å². The van der Waals surface area contributed by atoms with Gasteiger partial charge in [-0.3, -0.25) is 14.9 Å². The van der Waals surface area contributed by atoms with Crippen molar-refractivity contribution >= 4 is 50.2 Å². The number of benzene rings is 1. The predicted molar refractivity (Wildman–Crippen MR) is 133 cm³/mol. The predicted octanol–water partition coefficient (Wildman–Crippen LogP) is 2.80. The maximum Gasteiger partial charge on any atom is 0.312 e. The van der Waals surface area contributed by atoms with Gasteiger partial charge in [0.05, 0.1) is 18.0 Å². The maximum atomic E-state index is 13.2. The van der Waals surface area contributed by atoms with Crippen LogP contribution in [0.3, 0.4) is 0 Å². The summed E-state index contributed by atoms with van der Waals surface area (Å²) < 4.78 is 0. The SMILES string of the molecule is CSSCN[C@@H](Cc1c[nH]c2ccccc12)C(=O)N[C@@H](CCCNC(N)=O)C(=O)C(C)C. The Kier molecular flexibility index (Phi) is 10.9. The van der Waals surface area contributed by atoms with E-state index < -0.39 is 18.1 Å². The van der Waals surface area contributed by atoms with E-state index in [1.165, 1.54) is 0 Å². The second-order valence-corrected chi connectivity index (χ2v) is 10.4. The summed E-state index contributed by atoms with van der Waals surface area (Å²) in [6, 6.07) is 6.28. The lowest BCUT2D eigenvalue weighted by Crippen LogP contribution is -2.51. The third kappa shape index (κ3) is 8.07. The molecule has 2 rings (SSSR count). The molecule has 0 aliphatic heterocycles. The number of nitrogens with two attached hydrogens (primary N) is 1. The van der Waals surface area contributed by atoms with Crippen LogP contribution in [0, 0.1) is 5.92 Å². The lowest BCUT2D eigenvalue weighted by atomic mass is 9.97. The van der Waals surface area contributed by atoms with Crippen LogP contribution < -0.4 is 21.7 Å². The first kappa shape index (κ1) is 26.1. The molecule has 0 fully saturated rings. The van der Waals surface area contributed by atoms with Crippen LogP contribution in [0.15, 0.2) is 30.5 Å². The Labute approximate surface area is 197 Å². The maximum absolute atomic E-state index is 13.2. The van der Waals surface area contributed by atoms with Crippen molar-refractivity contribution in [2.75, 3.05) is 18.7 Å². The third-order valence-electron chi connectivity index (χ3n) is 5.12. The van der Waals surface area contributed by atoms with Crippen LogP contribution in [0.5, 0.6) is 0 Å². The number of Topliss-reactive ketones (excluding diaryl/α,β-unsaturated/α-hetero) is 1. The van der Waals surface area contributed by atoms with Crippen molar-refractivity contribution < 1.29 is 14.4 Å². The molecule has 176 valence electrons. The highest BCUT2D eigenvalue weighted by Gasteiger charge is 2.27. The number of H-pyrrole nitrogens is 1. The Bertz CT molecular complexity index is 903. The molecule has 2 atom stereocenters. The Balaban J connectivity index is 2.12. The fourth-order valence-corrected chi connectivity index (χ4v) is 4.39. The zero-order valence-electron chi connectivity index (χ0n) is 18.8. The van der Waals surface area contributed by atoms with Crippen LogP contribution in [0.2, 0.25) is 0 Å². The molecule has 0 saturated heterocycles. The summed E-state index contributed by atoms with van der Waals surface area (Å²) in [5.74, 6) is 0.157. The van der Waals surface area contributed by atoms with Crippen LogP contribution in [-0.4, -0.2) is 53.5 Å². The summed E-state index contributed by atoms with van der Waals surface area (Å²) >= 11 is 0. The van der Waals surface area contributed by atoms with Gasteiger partial charge in [0, 0.05) is 29.6 Å². The van der Waals surface area contributed by atoms with Gasteiger partial charge >= 0.3 is 6.03 Å². The van der Waals surface area contributed by atoms with Crippen molar-refractivity contribution in [1.29, 1.82) is 0 Å². The van der Waals surface area contributed by atoms with Gasteiger partial charge in [-0.15, -0.1) is 0 Å². The number of amides is 3. The van der Waals surface area contributed by atoms with E-state index in [0.29, 0.717) is 31.7 Å². The van der Waals surface area contributed by atoms with E-state index in [4.69, 9.17) is 5.73 Å². The number of urea groups is 1. The average Bonchev–Trinajstić information content (AvgIpc) is 3.17. The number of nitrogens with one attached hydrogen (secondary N) is 4. The highest BCUT2D eigenvalue weighted by atomic mass is 33.1. The van der Waals surface area contributed by atoms with Gasteiger partial charge in [-0.05, 0) is 37.1 Å². The fourth-order valence-electron chi connectivity index (χ4n) is 3.45. The molecule has 1 aromatic carbocycles. The second kappa shape index (κ2) is 13.4. The van der Waals surface area contributed by atoms with Crippen LogP contribution in [0.1, 0.15) is 32.3 Å². The zero-order valence-corrected chi connectivity index (χ0v) is 20.4. The molecule has 6 N–H and O–H groups in total. The van der Waals surface area contributed by atoms with E-state index in [0.717, 1.165) is 16.5 Å². The molecule has 0 aliphatic carbocycles. The van der Waals surface area contributed by atoms with E-state index in [1.807, 2.05) is 50.6 Å². The van der Waals surface area contributed by atoms with Gasteiger partial charge in [-0.25, -0.2) is 4.79 Å². The zero-order chi connectivity index (χ0) is 23.5. The molecule has 32 heavy (non-hydrogen) atoms. The molecule has 0 radical (unpaired) electrons. The minimum absolute atomic E-state index is 0.0262. The molecule has 0 unspecified atom stereocenters. The molecule has 10 heteroatoms. The van der Waals surface area contributed by atoms with Gasteiger partial charge in [0.1, 0.15) is 0 Å². The van der Waals surface area contributed by atoms with Gasteiger partial charge in [0.25, 0.3) is 0 Å². The molecule has 0 spiro atoms. The van der Waals surface area contributed by atoms with Crippen LogP contribution in [-0.2, 0) is 16.0 Å². The quantitative estimate of drug-likeness (QED) is 0.161. The summed E-state index contributed by atoms with van der Waals surface area (Å²) in [5.41, 5.74) is 7.16. The summed E-state index contributed by atoms with van der Waals surface area (Å²) in [4.78, 5) is 40.1. The Morgan fingerprint density at radius 2 is 1.91 bits per heavy atom. The average molecular weight is 480 g/mol. The number of rotatable bonds is 14. The molecule has 0 aliphatic rings. The van der Waals surface area contributed by atoms with Crippen molar-refractivity contribution in [2.45, 2.75) is 45.2 Å². The Morgan fingerprint density at radius 3 is 2.59 bits per heavy atom. The van der Waals surface area contributed by atoms with Gasteiger partial charge in [-0.1, -0.05) is 53.6 Å². The number of carbonyl (C=O) groups is 3. The van der Waals surface area contributed by atoms with E-state index in [1.54, 1.807) is 21.6 Å². The molecule has 2 aromatic rings. The smallest absolute Gasteiger partial charge is 0.312 e. The summed E-state index contributed by atoms with van der Waals surface area (Å²) in [7, 11) is 3.24. The number of hydrogen-bond acceptors (Lipinski definition) is 6. The highest BCUT2D eigenvalue weighted by Crippen LogP contribution is 2.20. The highest BCUT2D eigenvalue weighted by molar-refractivity contribution is 8.76. The number of hydrogen-bond donors (Lipinski definition) is 5. The lowest BCUT2D eigenvalue weighted by molar-refractivity contribution is -0.130. The normalized spacial score (nSPS) is 13.1. The van der Waals surface area contributed by atoms with Gasteiger partial charge < -0.3 is 21.4 Å². The van der Waals surface area contributed by atoms with Crippen molar-refractivity contribution in [1.82, 2.24) is 20.9 Å². The van der Waals surface area contributed by atoms with E-state index >= 15 is 0 Å². The number of para-hydroxylation sites is 1. The first-order valence-electron chi connectivity index (χ1n) is 10.6. The standard InChI is InChI=1S/C22H33N5O3S2/c1-14(2)20(28)18(9-6-10-24-22(23)30)27-21(29)19(26-13-32-31-3)11-15-12-25-17-8-5-4-7-16(15)17/h4-5,7-8,12,14,18-19,25-26H,6,9-11,13H2,1-3H3,(H,27,29)(H3,23,24,30)/t18-,19-/m0/s1. The summed E-state index contributed by atoms with van der Waals surface area (Å²) in [6.45, 7) is 3.99. The minimum atomic E-state index is -0.613. The summed E-state index contributed by atoms with van der Waals surface area (Å²) in [5, 5.41) is 9.86. The first-order valence-corrected chi connectivity index (χ1v) is 13.4.